The minimum absolute atomic E-state index is 0.511. The van der Waals surface area contributed by atoms with Crippen LogP contribution in [0.4, 0.5) is 5.69 Å². The molecule has 1 heterocycles. The van der Waals surface area contributed by atoms with Crippen molar-refractivity contribution in [3.63, 3.8) is 0 Å². The molecule has 0 aromatic carbocycles. The summed E-state index contributed by atoms with van der Waals surface area (Å²) in [4.78, 5) is 4.00. The van der Waals surface area contributed by atoms with Crippen molar-refractivity contribution in [2.75, 3.05) is 19.0 Å². The van der Waals surface area contributed by atoms with Gasteiger partial charge in [-0.3, -0.25) is 0 Å². The lowest BCUT2D eigenvalue weighted by atomic mass is 10.0. The lowest BCUT2D eigenvalue weighted by Crippen LogP contribution is -2.32. The maximum absolute atomic E-state index is 9.80. The van der Waals surface area contributed by atoms with Gasteiger partial charge in [-0.2, -0.15) is 0 Å². The van der Waals surface area contributed by atoms with Gasteiger partial charge in [-0.25, -0.2) is 4.98 Å². The molecule has 0 amide bonds. The van der Waals surface area contributed by atoms with Gasteiger partial charge < -0.3 is 15.2 Å². The number of ether oxygens (including phenoxy) is 1. The van der Waals surface area contributed by atoms with Crippen LogP contribution in [0.5, 0.6) is 5.88 Å². The molecule has 0 aliphatic heterocycles. The standard InChI is InChI=1S/C11H18N2O2/c1-4-11(2,14)8-13-9-5-6-12-10(7-9)15-3/h5-7,14H,4,8H2,1-3H3,(H,12,13). The molecule has 15 heavy (non-hydrogen) atoms. The zero-order valence-corrected chi connectivity index (χ0v) is 9.45. The Kier molecular flexibility index (Phi) is 3.91. The number of aromatic nitrogens is 1. The first kappa shape index (κ1) is 11.8. The molecule has 0 aliphatic rings. The smallest absolute Gasteiger partial charge is 0.214 e. The monoisotopic (exact) mass is 210 g/mol. The molecule has 0 saturated carbocycles. The van der Waals surface area contributed by atoms with Gasteiger partial charge in [-0.1, -0.05) is 6.92 Å². The van der Waals surface area contributed by atoms with Gasteiger partial charge in [-0.05, 0) is 19.4 Å². The fraction of sp³-hybridized carbons (Fsp3) is 0.545. The van der Waals surface area contributed by atoms with Crippen LogP contribution in [0.15, 0.2) is 18.3 Å². The highest BCUT2D eigenvalue weighted by molar-refractivity contribution is 5.45. The number of nitrogens with zero attached hydrogens (tertiary/aromatic N) is 1. The molecule has 4 heteroatoms. The van der Waals surface area contributed by atoms with Crippen LogP contribution < -0.4 is 10.1 Å². The predicted octanol–water partition coefficient (Wildman–Crippen LogP) is 1.66. The SMILES string of the molecule is CCC(C)(O)CNc1ccnc(OC)c1. The average molecular weight is 210 g/mol. The third-order valence-corrected chi connectivity index (χ3v) is 2.38. The van der Waals surface area contributed by atoms with Crippen LogP contribution in [0.2, 0.25) is 0 Å². The number of rotatable bonds is 5. The second kappa shape index (κ2) is 4.98. The van der Waals surface area contributed by atoms with Crippen molar-refractivity contribution in [2.45, 2.75) is 25.9 Å². The van der Waals surface area contributed by atoms with Crippen LogP contribution >= 0.6 is 0 Å². The fourth-order valence-corrected chi connectivity index (χ4v) is 1.05. The summed E-state index contributed by atoms with van der Waals surface area (Å²) in [6.07, 6.45) is 2.38. The van der Waals surface area contributed by atoms with Crippen LogP contribution in [-0.2, 0) is 0 Å². The quantitative estimate of drug-likeness (QED) is 0.776. The summed E-state index contributed by atoms with van der Waals surface area (Å²) < 4.78 is 5.00. The third kappa shape index (κ3) is 3.75. The number of aliphatic hydroxyl groups is 1. The highest BCUT2D eigenvalue weighted by Gasteiger charge is 2.16. The topological polar surface area (TPSA) is 54.4 Å². The molecule has 1 aromatic heterocycles. The Balaban J connectivity index is 2.57. The summed E-state index contributed by atoms with van der Waals surface area (Å²) in [5.74, 6) is 0.566. The normalized spacial score (nSPS) is 14.4. The van der Waals surface area contributed by atoms with E-state index < -0.39 is 5.60 Å². The number of nitrogens with one attached hydrogen (secondary N) is 1. The van der Waals surface area contributed by atoms with E-state index in [-0.39, 0.29) is 0 Å². The average Bonchev–Trinajstić information content (AvgIpc) is 2.27. The highest BCUT2D eigenvalue weighted by Crippen LogP contribution is 2.15. The summed E-state index contributed by atoms with van der Waals surface area (Å²) in [5, 5.41) is 12.9. The van der Waals surface area contributed by atoms with Crippen LogP contribution in [0.1, 0.15) is 20.3 Å². The summed E-state index contributed by atoms with van der Waals surface area (Å²) >= 11 is 0. The molecular weight excluding hydrogens is 192 g/mol. The minimum Gasteiger partial charge on any atom is -0.481 e. The first-order chi connectivity index (χ1) is 7.07. The van der Waals surface area contributed by atoms with E-state index in [2.05, 4.69) is 10.3 Å². The van der Waals surface area contributed by atoms with Crippen LogP contribution in [-0.4, -0.2) is 29.3 Å². The Morgan fingerprint density at radius 2 is 2.33 bits per heavy atom. The van der Waals surface area contributed by atoms with Gasteiger partial charge in [0.05, 0.1) is 12.7 Å². The molecule has 0 radical (unpaired) electrons. The van der Waals surface area contributed by atoms with Crippen molar-refractivity contribution in [1.82, 2.24) is 4.98 Å². The van der Waals surface area contributed by atoms with E-state index in [0.29, 0.717) is 18.8 Å². The first-order valence-electron chi connectivity index (χ1n) is 5.03. The van der Waals surface area contributed by atoms with Gasteiger partial charge in [0.2, 0.25) is 5.88 Å². The van der Waals surface area contributed by atoms with Crippen molar-refractivity contribution >= 4 is 5.69 Å². The Hall–Kier alpha value is -1.29. The van der Waals surface area contributed by atoms with Crippen molar-refractivity contribution in [1.29, 1.82) is 0 Å². The molecule has 1 unspecified atom stereocenters. The molecule has 0 spiro atoms. The molecular formula is C11H18N2O2. The zero-order valence-electron chi connectivity index (χ0n) is 9.45. The number of pyridine rings is 1. The molecule has 2 N–H and O–H groups in total. The molecule has 84 valence electrons. The summed E-state index contributed by atoms with van der Waals surface area (Å²) in [6.45, 7) is 4.27. The molecule has 0 fully saturated rings. The molecule has 0 bridgehead atoms. The van der Waals surface area contributed by atoms with E-state index >= 15 is 0 Å². The summed E-state index contributed by atoms with van der Waals surface area (Å²) in [6, 6.07) is 3.64. The predicted molar refractivity (Wildman–Crippen MR) is 60.2 cm³/mol. The van der Waals surface area contributed by atoms with Crippen LogP contribution in [0.25, 0.3) is 0 Å². The van der Waals surface area contributed by atoms with Gasteiger partial charge in [0, 0.05) is 24.5 Å². The van der Waals surface area contributed by atoms with E-state index in [4.69, 9.17) is 4.74 Å². The van der Waals surface area contributed by atoms with Crippen molar-refractivity contribution in [3.05, 3.63) is 18.3 Å². The van der Waals surface area contributed by atoms with Gasteiger partial charge in [0.15, 0.2) is 0 Å². The molecule has 1 rings (SSSR count). The van der Waals surface area contributed by atoms with Gasteiger partial charge in [-0.15, -0.1) is 0 Å². The van der Waals surface area contributed by atoms with Gasteiger partial charge in [0.1, 0.15) is 0 Å². The maximum atomic E-state index is 9.80. The molecule has 0 aliphatic carbocycles. The largest absolute Gasteiger partial charge is 0.481 e. The van der Waals surface area contributed by atoms with E-state index in [1.807, 2.05) is 13.0 Å². The minimum atomic E-state index is -0.684. The molecule has 1 atom stereocenters. The maximum Gasteiger partial charge on any atom is 0.214 e. The molecule has 1 aromatic rings. The second-order valence-corrected chi connectivity index (χ2v) is 3.79. The van der Waals surface area contributed by atoms with Crippen molar-refractivity contribution < 1.29 is 9.84 Å². The summed E-state index contributed by atoms with van der Waals surface area (Å²) in [7, 11) is 1.58. The van der Waals surface area contributed by atoms with Crippen molar-refractivity contribution in [2.24, 2.45) is 0 Å². The van der Waals surface area contributed by atoms with E-state index in [1.54, 1.807) is 26.3 Å². The Bertz CT molecular complexity index is 313. The highest BCUT2D eigenvalue weighted by atomic mass is 16.5. The number of anilines is 1. The van der Waals surface area contributed by atoms with Gasteiger partial charge >= 0.3 is 0 Å². The lowest BCUT2D eigenvalue weighted by Gasteiger charge is -2.22. The van der Waals surface area contributed by atoms with Gasteiger partial charge in [0.25, 0.3) is 0 Å². The lowest BCUT2D eigenvalue weighted by molar-refractivity contribution is 0.0697. The third-order valence-electron chi connectivity index (χ3n) is 2.38. The number of hydrogen-bond donors (Lipinski definition) is 2. The van der Waals surface area contributed by atoms with Crippen LogP contribution in [0.3, 0.4) is 0 Å². The second-order valence-electron chi connectivity index (χ2n) is 3.79. The molecule has 0 saturated heterocycles. The van der Waals surface area contributed by atoms with E-state index in [0.717, 1.165) is 5.69 Å². The van der Waals surface area contributed by atoms with E-state index in [9.17, 15) is 5.11 Å². The Labute approximate surface area is 90.3 Å². The Morgan fingerprint density at radius 1 is 1.60 bits per heavy atom. The molecule has 4 nitrogen and oxygen atoms in total. The zero-order chi connectivity index (χ0) is 11.3. The number of hydrogen-bond acceptors (Lipinski definition) is 4. The van der Waals surface area contributed by atoms with Crippen LogP contribution in [0, 0.1) is 0 Å². The Morgan fingerprint density at radius 3 is 2.93 bits per heavy atom. The number of methoxy groups -OCH3 is 1. The summed E-state index contributed by atoms with van der Waals surface area (Å²) in [5.41, 5.74) is 0.215. The fourth-order valence-electron chi connectivity index (χ4n) is 1.05. The van der Waals surface area contributed by atoms with Crippen molar-refractivity contribution in [3.8, 4) is 5.88 Å². The first-order valence-corrected chi connectivity index (χ1v) is 5.03. The van der Waals surface area contributed by atoms with E-state index in [1.165, 1.54) is 0 Å².